The van der Waals surface area contributed by atoms with Gasteiger partial charge in [-0.3, -0.25) is 0 Å². The van der Waals surface area contributed by atoms with Crippen LogP contribution in [-0.4, -0.2) is 45.4 Å². The van der Waals surface area contributed by atoms with Crippen LogP contribution in [0.1, 0.15) is 26.5 Å². The second kappa shape index (κ2) is 6.76. The third kappa shape index (κ3) is 6.95. The molecule has 1 aromatic rings. The van der Waals surface area contributed by atoms with Gasteiger partial charge < -0.3 is 0 Å². The summed E-state index contributed by atoms with van der Waals surface area (Å²) in [6, 6.07) is 1.23. The zero-order chi connectivity index (χ0) is 14.7. The minimum atomic E-state index is -0.984. The topological polar surface area (TPSA) is 27.1 Å². The second-order valence-electron chi connectivity index (χ2n) is 7.37. The number of imidazole rings is 1. The molecule has 108 valence electrons. The monoisotopic (exact) mass is 388 g/mol. The van der Waals surface area contributed by atoms with Gasteiger partial charge in [-0.25, -0.2) is 0 Å². The molecule has 5 heteroatoms. The van der Waals surface area contributed by atoms with Crippen LogP contribution in [0, 0.1) is 6.92 Å². The molecule has 0 spiro atoms. The van der Waals surface area contributed by atoms with E-state index in [0.29, 0.717) is 10.2 Å². The Bertz CT molecular complexity index is 405. The molecule has 0 aliphatic rings. The van der Waals surface area contributed by atoms with Gasteiger partial charge in [-0.1, -0.05) is 0 Å². The summed E-state index contributed by atoms with van der Waals surface area (Å²) in [5.41, 5.74) is 1.23. The zero-order valence-electron chi connectivity index (χ0n) is 13.5. The van der Waals surface area contributed by atoms with Crippen molar-refractivity contribution in [1.82, 2.24) is 9.55 Å². The number of ether oxygens (including phenoxy) is 1. The van der Waals surface area contributed by atoms with Gasteiger partial charge >= 0.3 is 129 Å². The Morgan fingerprint density at radius 2 is 1.95 bits per heavy atom. The Morgan fingerprint density at radius 3 is 2.47 bits per heavy atom. The van der Waals surface area contributed by atoms with Crippen LogP contribution in [0.5, 0.6) is 0 Å². The first-order chi connectivity index (χ1) is 8.58. The Hall–Kier alpha value is 0.186. The van der Waals surface area contributed by atoms with Crippen molar-refractivity contribution in [3.63, 3.8) is 0 Å². The van der Waals surface area contributed by atoms with Gasteiger partial charge in [-0.15, -0.1) is 0 Å². The summed E-state index contributed by atoms with van der Waals surface area (Å²) in [4.78, 5) is 4.60. The quantitative estimate of drug-likeness (QED) is 0.554. The molecule has 0 aliphatic carbocycles. The fourth-order valence-corrected chi connectivity index (χ4v) is 5.71. The van der Waals surface area contributed by atoms with Gasteiger partial charge in [-0.2, -0.15) is 0 Å². The standard InChI is InChI=1S/C10H19N2OSi.C4H9.Sn/c1-10-7-11-8-12(10)9-13-5-6-14(2,3)4;1-4(2)3;/h7H,5-6,9H2,1-4H3;1-3H3;. The number of rotatable bonds is 6. The van der Waals surface area contributed by atoms with Crippen LogP contribution < -0.4 is 3.84 Å². The molecule has 0 saturated heterocycles. The van der Waals surface area contributed by atoms with Crippen LogP contribution >= 0.6 is 0 Å². The minimum absolute atomic E-state index is 0.428. The van der Waals surface area contributed by atoms with E-state index < -0.39 is 29.2 Å². The molecule has 0 aromatic carbocycles. The predicted molar refractivity (Wildman–Crippen MR) is 86.2 cm³/mol. The molecule has 0 aliphatic heterocycles. The number of aromatic nitrogens is 2. The molecular weight excluding hydrogens is 359 g/mol. The number of hydrogen-bond acceptors (Lipinski definition) is 2. The molecule has 1 heterocycles. The van der Waals surface area contributed by atoms with E-state index in [-0.39, 0.29) is 0 Å². The van der Waals surface area contributed by atoms with E-state index >= 15 is 0 Å². The summed E-state index contributed by atoms with van der Waals surface area (Å²) in [5, 5.41) is 0. The predicted octanol–water partition coefficient (Wildman–Crippen LogP) is 3.05. The summed E-state index contributed by atoms with van der Waals surface area (Å²) < 4.78 is 9.89. The molecule has 1 rings (SSSR count). The van der Waals surface area contributed by atoms with E-state index in [0.717, 1.165) is 6.61 Å². The molecule has 0 N–H and O–H groups in total. The van der Waals surface area contributed by atoms with Crippen molar-refractivity contribution < 1.29 is 4.74 Å². The molecule has 19 heavy (non-hydrogen) atoms. The van der Waals surface area contributed by atoms with Crippen LogP contribution in [0.2, 0.25) is 29.1 Å². The van der Waals surface area contributed by atoms with Gasteiger partial charge in [0.25, 0.3) is 0 Å². The molecule has 0 atom stereocenters. The maximum atomic E-state index is 5.87. The Morgan fingerprint density at radius 1 is 1.32 bits per heavy atom. The van der Waals surface area contributed by atoms with Gasteiger partial charge in [0.05, 0.1) is 0 Å². The van der Waals surface area contributed by atoms with Crippen molar-refractivity contribution in [3.8, 4) is 0 Å². The molecule has 0 fully saturated rings. The molecule has 3 nitrogen and oxygen atoms in total. The normalized spacial score (nSPS) is 13.0. The number of hydrogen-bond donors (Lipinski definition) is 0. The summed E-state index contributed by atoms with van der Waals surface area (Å²) >= 11 is -0.664. The first-order valence-electron chi connectivity index (χ1n) is 6.96. The molecule has 0 unspecified atom stereocenters. The van der Waals surface area contributed by atoms with E-state index in [1.165, 1.54) is 15.6 Å². The van der Waals surface area contributed by atoms with E-state index in [2.05, 4.69) is 56.9 Å². The summed E-state index contributed by atoms with van der Waals surface area (Å²) in [6.45, 7) is 17.8. The van der Waals surface area contributed by atoms with Crippen LogP contribution in [0.25, 0.3) is 0 Å². The van der Waals surface area contributed by atoms with Gasteiger partial charge in [0.15, 0.2) is 0 Å². The molecule has 2 radical (unpaired) electrons. The third-order valence-corrected chi connectivity index (χ3v) is 8.38. The average Bonchev–Trinajstić information content (AvgIpc) is 2.51. The third-order valence-electron chi connectivity index (χ3n) is 2.76. The Labute approximate surface area is 129 Å². The van der Waals surface area contributed by atoms with Crippen molar-refractivity contribution >= 4 is 33.1 Å². The summed E-state index contributed by atoms with van der Waals surface area (Å²) in [6.07, 6.45) is 1.99. The van der Waals surface area contributed by atoms with Gasteiger partial charge in [0, 0.05) is 0 Å². The number of aryl methyl sites for hydroxylation is 1. The SMILES string of the molecule is Cc1cn[c]([Sn][C](C)(C)C)n1COCC[Si](C)(C)C. The summed E-state index contributed by atoms with van der Waals surface area (Å²) in [7, 11) is -0.984. The fourth-order valence-electron chi connectivity index (χ4n) is 1.59. The van der Waals surface area contributed by atoms with Crippen LogP contribution in [0.15, 0.2) is 6.20 Å². The fraction of sp³-hybridized carbons (Fsp3) is 0.786. The van der Waals surface area contributed by atoms with Crippen LogP contribution in [0.4, 0.5) is 0 Å². The molecule has 0 bridgehead atoms. The van der Waals surface area contributed by atoms with Gasteiger partial charge in [0.1, 0.15) is 0 Å². The van der Waals surface area contributed by atoms with Crippen molar-refractivity contribution in [3.05, 3.63) is 11.9 Å². The Balaban J connectivity index is 2.56. The first kappa shape index (κ1) is 17.2. The van der Waals surface area contributed by atoms with Crippen LogP contribution in [0.3, 0.4) is 0 Å². The molecule has 0 amide bonds. The number of nitrogens with zero attached hydrogens (tertiary/aromatic N) is 2. The molecule has 0 saturated carbocycles. The maximum absolute atomic E-state index is 5.87. The molecule has 1 aromatic heterocycles. The second-order valence-corrected chi connectivity index (χ2v) is 19.3. The summed E-state index contributed by atoms with van der Waals surface area (Å²) in [5.74, 6) is 0. The van der Waals surface area contributed by atoms with Crippen LogP contribution in [-0.2, 0) is 11.5 Å². The zero-order valence-corrected chi connectivity index (χ0v) is 17.4. The van der Waals surface area contributed by atoms with E-state index in [4.69, 9.17) is 4.74 Å². The first-order valence-corrected chi connectivity index (χ1v) is 13.5. The average molecular weight is 387 g/mol. The van der Waals surface area contributed by atoms with Crippen molar-refractivity contribution in [1.29, 1.82) is 0 Å². The van der Waals surface area contributed by atoms with E-state index in [1.807, 2.05) is 6.20 Å². The van der Waals surface area contributed by atoms with Crippen molar-refractivity contribution in [2.24, 2.45) is 0 Å². The Kier molecular flexibility index (Phi) is 6.13. The van der Waals surface area contributed by atoms with Crippen molar-refractivity contribution in [2.75, 3.05) is 6.61 Å². The van der Waals surface area contributed by atoms with Crippen molar-refractivity contribution in [2.45, 2.75) is 63.5 Å². The van der Waals surface area contributed by atoms with E-state index in [9.17, 15) is 0 Å². The van der Waals surface area contributed by atoms with Gasteiger partial charge in [-0.05, 0) is 0 Å². The molecular formula is C14H28N2OSiSn. The van der Waals surface area contributed by atoms with E-state index in [1.54, 1.807) is 0 Å². The van der Waals surface area contributed by atoms with Gasteiger partial charge in [0.2, 0.25) is 0 Å².